The predicted octanol–water partition coefficient (Wildman–Crippen LogP) is 4.88. The molecule has 1 N–H and O–H groups in total. The molecule has 27 heavy (non-hydrogen) atoms. The van der Waals surface area contributed by atoms with Crippen molar-refractivity contribution in [1.82, 2.24) is 5.32 Å². The van der Waals surface area contributed by atoms with E-state index in [4.69, 9.17) is 37.4 Å². The Morgan fingerprint density at radius 2 is 1.89 bits per heavy atom. The van der Waals surface area contributed by atoms with Crippen molar-refractivity contribution in [3.8, 4) is 17.2 Å². The van der Waals surface area contributed by atoms with Gasteiger partial charge in [0.2, 0.25) is 5.91 Å². The first-order valence-electron chi connectivity index (χ1n) is 7.36. The van der Waals surface area contributed by atoms with Gasteiger partial charge in [-0.05, 0) is 52.9 Å². The van der Waals surface area contributed by atoms with Crippen LogP contribution in [0.3, 0.4) is 0 Å². The van der Waals surface area contributed by atoms with Crippen LogP contribution in [0.5, 0.6) is 17.2 Å². The van der Waals surface area contributed by atoms with Crippen LogP contribution in [0.25, 0.3) is 0 Å². The van der Waals surface area contributed by atoms with Crippen LogP contribution >= 0.6 is 45.8 Å². The maximum absolute atomic E-state index is 14.7. The van der Waals surface area contributed by atoms with Crippen molar-refractivity contribution < 1.29 is 28.2 Å². The van der Waals surface area contributed by atoms with Crippen LogP contribution in [-0.4, -0.2) is 25.0 Å². The number of carbonyl (C=O) groups excluding carboxylic acids is 2. The molecule has 2 amide bonds. The number of amides is 2. The van der Waals surface area contributed by atoms with E-state index in [1.807, 2.05) is 27.9 Å². The summed E-state index contributed by atoms with van der Waals surface area (Å²) in [6.45, 7) is -0.416. The molecule has 0 fully saturated rings. The van der Waals surface area contributed by atoms with Gasteiger partial charge in [0.15, 0.2) is 17.3 Å². The molecule has 0 aliphatic heterocycles. The number of hydrogen-bond acceptors (Lipinski definition) is 5. The molecule has 0 atom stereocenters. The molecule has 0 spiro atoms. The molecule has 144 valence electrons. The number of alkyl carbamates (subject to hydrolysis) is 1. The van der Waals surface area contributed by atoms with Crippen LogP contribution in [0, 0.1) is 9.39 Å². The van der Waals surface area contributed by atoms with Gasteiger partial charge < -0.3 is 14.2 Å². The van der Waals surface area contributed by atoms with Crippen LogP contribution in [0.1, 0.15) is 5.56 Å². The van der Waals surface area contributed by atoms with Crippen LogP contribution in [-0.2, 0) is 16.1 Å². The minimum Gasteiger partial charge on any atom is -0.490 e. The van der Waals surface area contributed by atoms with Crippen molar-refractivity contribution in [2.45, 2.75) is 6.61 Å². The number of nitrogens with one attached hydrogen (secondary N) is 1. The molecule has 0 bridgehead atoms. The smallest absolute Gasteiger partial charge is 0.414 e. The van der Waals surface area contributed by atoms with Crippen LogP contribution < -0.4 is 14.8 Å². The van der Waals surface area contributed by atoms with Gasteiger partial charge in [-0.1, -0.05) is 11.6 Å². The minimum absolute atomic E-state index is 0.0492. The lowest BCUT2D eigenvalue weighted by Crippen LogP contribution is -2.31. The van der Waals surface area contributed by atoms with Crippen LogP contribution in [0.4, 0.5) is 9.18 Å². The Bertz CT molecular complexity index is 848. The summed E-state index contributed by atoms with van der Waals surface area (Å²) >= 11 is 13.1. The summed E-state index contributed by atoms with van der Waals surface area (Å²) in [7, 11) is 1.29. The van der Waals surface area contributed by atoms with Crippen molar-refractivity contribution >= 4 is 57.8 Å². The number of imide groups is 1. The summed E-state index contributed by atoms with van der Waals surface area (Å²) in [5, 5.41) is 2.42. The van der Waals surface area contributed by atoms with E-state index in [1.165, 1.54) is 13.2 Å². The highest BCUT2D eigenvalue weighted by molar-refractivity contribution is 14.1. The summed E-state index contributed by atoms with van der Waals surface area (Å²) in [6.07, 6.45) is -1.03. The highest BCUT2D eigenvalue weighted by Gasteiger charge is 2.21. The third-order valence-corrected chi connectivity index (χ3v) is 4.46. The maximum Gasteiger partial charge on any atom is 0.414 e. The zero-order valence-electron chi connectivity index (χ0n) is 13.9. The lowest BCUT2D eigenvalue weighted by atomic mass is 10.2. The van der Waals surface area contributed by atoms with Crippen molar-refractivity contribution in [2.24, 2.45) is 0 Å². The predicted molar refractivity (Wildman–Crippen MR) is 106 cm³/mol. The van der Waals surface area contributed by atoms with Gasteiger partial charge in [-0.3, -0.25) is 10.1 Å². The first-order chi connectivity index (χ1) is 12.8. The SMILES string of the molecule is COc1c(F)c(COC(=O)NC(=O)CCl)cc(I)c1Oc1ccc(Cl)cc1. The quantitative estimate of drug-likeness (QED) is 0.428. The molecule has 2 aromatic carbocycles. The summed E-state index contributed by atoms with van der Waals surface area (Å²) in [5.74, 6) is -1.40. The molecule has 0 unspecified atom stereocenters. The van der Waals surface area contributed by atoms with E-state index in [-0.39, 0.29) is 17.1 Å². The number of ether oxygens (including phenoxy) is 3. The second kappa shape index (κ2) is 9.95. The Hall–Kier alpha value is -1.78. The number of halogens is 4. The van der Waals surface area contributed by atoms with Gasteiger partial charge in [0.05, 0.1) is 10.7 Å². The van der Waals surface area contributed by atoms with Crippen molar-refractivity contribution in [3.05, 3.63) is 50.3 Å². The third-order valence-electron chi connectivity index (χ3n) is 3.16. The Kier molecular flexibility index (Phi) is 7.93. The second-order valence-corrected chi connectivity index (χ2v) is 6.87. The molecule has 0 radical (unpaired) electrons. The van der Waals surface area contributed by atoms with Gasteiger partial charge in [-0.25, -0.2) is 9.18 Å². The van der Waals surface area contributed by atoms with E-state index in [0.717, 1.165) is 0 Å². The molecule has 0 aromatic heterocycles. The van der Waals surface area contributed by atoms with E-state index in [0.29, 0.717) is 14.3 Å². The molecule has 0 aliphatic rings. The summed E-state index contributed by atoms with van der Waals surface area (Å²) in [5.41, 5.74) is 0.0492. The number of rotatable bonds is 6. The van der Waals surface area contributed by atoms with Crippen molar-refractivity contribution in [1.29, 1.82) is 0 Å². The average Bonchev–Trinajstić information content (AvgIpc) is 2.65. The highest BCUT2D eigenvalue weighted by Crippen LogP contribution is 2.40. The van der Waals surface area contributed by atoms with E-state index < -0.39 is 30.3 Å². The molecule has 0 heterocycles. The molecule has 0 aliphatic carbocycles. The monoisotopic (exact) mass is 527 g/mol. The highest BCUT2D eigenvalue weighted by atomic mass is 127. The van der Waals surface area contributed by atoms with Crippen molar-refractivity contribution in [3.63, 3.8) is 0 Å². The molecule has 6 nitrogen and oxygen atoms in total. The average molecular weight is 528 g/mol. The normalized spacial score (nSPS) is 10.3. The van der Waals surface area contributed by atoms with Crippen molar-refractivity contribution in [2.75, 3.05) is 13.0 Å². The molecule has 0 saturated carbocycles. The third kappa shape index (κ3) is 5.85. The molecular weight excluding hydrogens is 515 g/mol. The van der Waals surface area contributed by atoms with Crippen LogP contribution in [0.2, 0.25) is 5.02 Å². The zero-order chi connectivity index (χ0) is 20.0. The molecule has 2 aromatic rings. The standard InChI is InChI=1S/C17H13Cl2FINO5/c1-25-16-14(20)9(8-26-17(24)22-13(23)7-18)6-12(21)15(16)27-11-4-2-10(19)3-5-11/h2-6H,7-8H2,1H3,(H,22,23,24). The fourth-order valence-corrected chi connectivity index (χ4v) is 2.89. The first kappa shape index (κ1) is 21.5. The Labute approximate surface area is 178 Å². The van der Waals surface area contributed by atoms with E-state index >= 15 is 0 Å². The maximum atomic E-state index is 14.7. The van der Waals surface area contributed by atoms with E-state index in [2.05, 4.69) is 0 Å². The van der Waals surface area contributed by atoms with E-state index in [1.54, 1.807) is 24.3 Å². The Balaban J connectivity index is 2.21. The lowest BCUT2D eigenvalue weighted by Gasteiger charge is -2.16. The molecule has 10 heteroatoms. The summed E-state index contributed by atoms with van der Waals surface area (Å²) < 4.78 is 30.9. The fraction of sp³-hybridized carbons (Fsp3) is 0.176. The molecule has 2 rings (SSSR count). The Morgan fingerprint density at radius 3 is 2.48 bits per heavy atom. The largest absolute Gasteiger partial charge is 0.490 e. The minimum atomic E-state index is -1.03. The summed E-state index contributed by atoms with van der Waals surface area (Å²) in [4.78, 5) is 22.5. The second-order valence-electron chi connectivity index (χ2n) is 5.01. The molecule has 0 saturated heterocycles. The van der Waals surface area contributed by atoms with Gasteiger partial charge in [-0.15, -0.1) is 11.6 Å². The van der Waals surface area contributed by atoms with Gasteiger partial charge >= 0.3 is 6.09 Å². The lowest BCUT2D eigenvalue weighted by molar-refractivity contribution is -0.118. The number of benzene rings is 2. The molecular formula is C17H13Cl2FINO5. The fourth-order valence-electron chi connectivity index (χ4n) is 1.97. The van der Waals surface area contributed by atoms with Crippen LogP contribution in [0.15, 0.2) is 30.3 Å². The van der Waals surface area contributed by atoms with Gasteiger partial charge in [0.1, 0.15) is 18.2 Å². The number of methoxy groups -OCH3 is 1. The zero-order valence-corrected chi connectivity index (χ0v) is 17.5. The van der Waals surface area contributed by atoms with E-state index in [9.17, 15) is 14.0 Å². The van der Waals surface area contributed by atoms with Gasteiger partial charge in [0.25, 0.3) is 0 Å². The number of carbonyl (C=O) groups is 2. The topological polar surface area (TPSA) is 73.9 Å². The Morgan fingerprint density at radius 1 is 1.22 bits per heavy atom. The number of hydrogen-bond donors (Lipinski definition) is 1. The van der Waals surface area contributed by atoms with Gasteiger partial charge in [0, 0.05) is 10.6 Å². The summed E-state index contributed by atoms with van der Waals surface area (Å²) in [6, 6.07) is 7.97. The van der Waals surface area contributed by atoms with Gasteiger partial charge in [-0.2, -0.15) is 0 Å². The number of alkyl halides is 1. The first-order valence-corrected chi connectivity index (χ1v) is 9.35.